The van der Waals surface area contributed by atoms with Crippen LogP contribution in [-0.2, 0) is 6.54 Å². The van der Waals surface area contributed by atoms with Crippen LogP contribution in [0, 0.1) is 0 Å². The van der Waals surface area contributed by atoms with Gasteiger partial charge in [0.1, 0.15) is 18.1 Å². The Morgan fingerprint density at radius 3 is 2.86 bits per heavy atom. The fourth-order valence-corrected chi connectivity index (χ4v) is 1.62. The van der Waals surface area contributed by atoms with Gasteiger partial charge in [-0.05, 0) is 29.8 Å². The van der Waals surface area contributed by atoms with Crippen molar-refractivity contribution in [1.29, 1.82) is 0 Å². The Hall–Kier alpha value is -2.92. The molecular weight excluding hydrogens is 272 g/mol. The molecule has 0 atom stereocenters. The van der Waals surface area contributed by atoms with Gasteiger partial charge in [-0.2, -0.15) is 0 Å². The standard InChI is InChI=1S/C14H14N4O3/c15-18-17-10-12-6-7-13(21-12)14(19)16-8-9-20-11-4-2-1-3-5-11/h1-7H,8-10H2,(H,16,19). The molecule has 0 saturated carbocycles. The van der Waals surface area contributed by atoms with Crippen LogP contribution in [0.25, 0.3) is 10.4 Å². The second-order valence-corrected chi connectivity index (χ2v) is 4.07. The van der Waals surface area contributed by atoms with E-state index < -0.39 is 0 Å². The van der Waals surface area contributed by atoms with Gasteiger partial charge >= 0.3 is 0 Å². The summed E-state index contributed by atoms with van der Waals surface area (Å²) in [4.78, 5) is 14.4. The van der Waals surface area contributed by atoms with E-state index in [0.29, 0.717) is 18.9 Å². The summed E-state index contributed by atoms with van der Waals surface area (Å²) in [5.41, 5.74) is 8.20. The fraction of sp³-hybridized carbons (Fsp3) is 0.214. The zero-order valence-corrected chi connectivity index (χ0v) is 11.2. The monoisotopic (exact) mass is 286 g/mol. The summed E-state index contributed by atoms with van der Waals surface area (Å²) in [6, 6.07) is 12.5. The van der Waals surface area contributed by atoms with Crippen LogP contribution < -0.4 is 10.1 Å². The number of carbonyl (C=O) groups is 1. The van der Waals surface area contributed by atoms with Gasteiger partial charge in [-0.15, -0.1) is 0 Å². The molecule has 2 rings (SSSR count). The third-order valence-corrected chi connectivity index (χ3v) is 2.57. The molecule has 21 heavy (non-hydrogen) atoms. The number of amides is 1. The predicted molar refractivity (Wildman–Crippen MR) is 75.8 cm³/mol. The third-order valence-electron chi connectivity index (χ3n) is 2.57. The average molecular weight is 286 g/mol. The second kappa shape index (κ2) is 7.62. The Bertz CT molecular complexity index is 633. The number of nitrogens with zero attached hydrogens (tertiary/aromatic N) is 3. The van der Waals surface area contributed by atoms with Crippen molar-refractivity contribution < 1.29 is 13.9 Å². The van der Waals surface area contributed by atoms with Crippen molar-refractivity contribution in [3.8, 4) is 5.75 Å². The summed E-state index contributed by atoms with van der Waals surface area (Å²) in [5.74, 6) is 1.04. The lowest BCUT2D eigenvalue weighted by Gasteiger charge is -2.06. The maximum absolute atomic E-state index is 11.8. The van der Waals surface area contributed by atoms with Crippen molar-refractivity contribution in [2.45, 2.75) is 6.54 Å². The number of azide groups is 1. The van der Waals surface area contributed by atoms with Gasteiger partial charge in [0, 0.05) is 4.91 Å². The van der Waals surface area contributed by atoms with E-state index in [-0.39, 0.29) is 18.2 Å². The Morgan fingerprint density at radius 2 is 2.10 bits per heavy atom. The Balaban J connectivity index is 1.74. The molecule has 0 aliphatic rings. The minimum Gasteiger partial charge on any atom is -0.492 e. The molecule has 1 heterocycles. The smallest absolute Gasteiger partial charge is 0.287 e. The van der Waals surface area contributed by atoms with Gasteiger partial charge < -0.3 is 14.5 Å². The second-order valence-electron chi connectivity index (χ2n) is 4.07. The summed E-state index contributed by atoms with van der Waals surface area (Å²) in [5, 5.41) is 6.04. The maximum atomic E-state index is 11.8. The van der Waals surface area contributed by atoms with Crippen LogP contribution in [0.5, 0.6) is 5.75 Å². The largest absolute Gasteiger partial charge is 0.492 e. The van der Waals surface area contributed by atoms with Gasteiger partial charge in [-0.3, -0.25) is 4.79 Å². The number of benzene rings is 1. The van der Waals surface area contributed by atoms with Gasteiger partial charge in [0.2, 0.25) is 0 Å². The molecule has 0 fully saturated rings. The first kappa shape index (κ1) is 14.5. The molecular formula is C14H14N4O3. The van der Waals surface area contributed by atoms with E-state index in [0.717, 1.165) is 5.75 Å². The SMILES string of the molecule is [N-]=[N+]=NCc1ccc(C(=O)NCCOc2ccccc2)o1. The van der Waals surface area contributed by atoms with Crippen LogP contribution in [0.2, 0.25) is 0 Å². The van der Waals surface area contributed by atoms with Crippen LogP contribution >= 0.6 is 0 Å². The normalized spacial score (nSPS) is 9.71. The van der Waals surface area contributed by atoms with Crippen molar-refractivity contribution in [2.75, 3.05) is 13.2 Å². The Kier molecular flexibility index (Phi) is 5.25. The maximum Gasteiger partial charge on any atom is 0.287 e. The summed E-state index contributed by atoms with van der Waals surface area (Å²) < 4.78 is 10.7. The first-order valence-corrected chi connectivity index (χ1v) is 6.35. The molecule has 0 aliphatic carbocycles. The van der Waals surface area contributed by atoms with Gasteiger partial charge in [-0.25, -0.2) is 0 Å². The highest BCUT2D eigenvalue weighted by molar-refractivity contribution is 5.91. The van der Waals surface area contributed by atoms with Gasteiger partial charge in [0.15, 0.2) is 5.76 Å². The third kappa shape index (κ3) is 4.59. The molecule has 0 radical (unpaired) electrons. The summed E-state index contributed by atoms with van der Waals surface area (Å²) in [6.07, 6.45) is 0. The number of rotatable bonds is 7. The fourth-order valence-electron chi connectivity index (χ4n) is 1.62. The lowest BCUT2D eigenvalue weighted by atomic mass is 10.3. The molecule has 0 saturated heterocycles. The number of carbonyl (C=O) groups excluding carboxylic acids is 1. The molecule has 7 nitrogen and oxygen atoms in total. The van der Waals surface area contributed by atoms with Crippen LogP contribution in [0.1, 0.15) is 16.3 Å². The zero-order chi connectivity index (χ0) is 14.9. The highest BCUT2D eigenvalue weighted by Gasteiger charge is 2.10. The van der Waals surface area contributed by atoms with Gasteiger partial charge in [0.25, 0.3) is 5.91 Å². The van der Waals surface area contributed by atoms with Crippen molar-refractivity contribution >= 4 is 5.91 Å². The highest BCUT2D eigenvalue weighted by Crippen LogP contribution is 2.09. The summed E-state index contributed by atoms with van der Waals surface area (Å²) in [6.45, 7) is 0.809. The topological polar surface area (TPSA) is 100 Å². The first-order chi connectivity index (χ1) is 10.3. The number of hydrogen-bond acceptors (Lipinski definition) is 4. The number of ether oxygens (including phenoxy) is 1. The zero-order valence-electron chi connectivity index (χ0n) is 11.2. The molecule has 0 aliphatic heterocycles. The minimum absolute atomic E-state index is 0.0842. The predicted octanol–water partition coefficient (Wildman–Crippen LogP) is 2.90. The van der Waals surface area contributed by atoms with Crippen molar-refractivity contribution in [2.24, 2.45) is 5.11 Å². The lowest BCUT2D eigenvalue weighted by molar-refractivity contribution is 0.0917. The first-order valence-electron chi connectivity index (χ1n) is 6.35. The quantitative estimate of drug-likeness (QED) is 0.366. The van der Waals surface area contributed by atoms with Crippen LogP contribution in [-0.4, -0.2) is 19.1 Å². The van der Waals surface area contributed by atoms with E-state index in [1.54, 1.807) is 6.07 Å². The Morgan fingerprint density at radius 1 is 1.29 bits per heavy atom. The summed E-state index contributed by atoms with van der Waals surface area (Å²) >= 11 is 0. The summed E-state index contributed by atoms with van der Waals surface area (Å²) in [7, 11) is 0. The molecule has 1 aromatic heterocycles. The van der Waals surface area contributed by atoms with Crippen molar-refractivity contribution in [1.82, 2.24) is 5.32 Å². The molecule has 1 amide bonds. The molecule has 7 heteroatoms. The lowest BCUT2D eigenvalue weighted by Crippen LogP contribution is -2.27. The Labute approximate surface area is 121 Å². The van der Waals surface area contributed by atoms with Crippen molar-refractivity contribution in [3.05, 3.63) is 64.4 Å². The number of furan rings is 1. The highest BCUT2D eigenvalue weighted by atomic mass is 16.5. The molecule has 2 aromatic rings. The molecule has 0 unspecified atom stereocenters. The minimum atomic E-state index is -0.334. The van der Waals surface area contributed by atoms with Crippen LogP contribution in [0.4, 0.5) is 0 Å². The van der Waals surface area contributed by atoms with Crippen molar-refractivity contribution in [3.63, 3.8) is 0 Å². The number of nitrogens with one attached hydrogen (secondary N) is 1. The molecule has 0 bridgehead atoms. The number of para-hydroxylation sites is 1. The van der Waals surface area contributed by atoms with Crippen LogP contribution in [0.3, 0.4) is 0 Å². The molecule has 1 aromatic carbocycles. The van der Waals surface area contributed by atoms with E-state index in [2.05, 4.69) is 15.3 Å². The van der Waals surface area contributed by atoms with Crippen LogP contribution in [0.15, 0.2) is 52.0 Å². The van der Waals surface area contributed by atoms with E-state index in [4.69, 9.17) is 14.7 Å². The van der Waals surface area contributed by atoms with Gasteiger partial charge in [-0.1, -0.05) is 23.3 Å². The average Bonchev–Trinajstić information content (AvgIpc) is 2.99. The molecule has 1 N–H and O–H groups in total. The van der Waals surface area contributed by atoms with E-state index in [1.807, 2.05) is 30.3 Å². The number of hydrogen-bond donors (Lipinski definition) is 1. The van der Waals surface area contributed by atoms with E-state index in [1.165, 1.54) is 6.07 Å². The van der Waals surface area contributed by atoms with E-state index in [9.17, 15) is 4.79 Å². The van der Waals surface area contributed by atoms with Gasteiger partial charge in [0.05, 0.1) is 13.1 Å². The molecule has 0 spiro atoms. The molecule has 108 valence electrons. The van der Waals surface area contributed by atoms with E-state index >= 15 is 0 Å².